The first-order valence-electron chi connectivity index (χ1n) is 8.57. The first-order chi connectivity index (χ1) is 13.8. The van der Waals surface area contributed by atoms with Gasteiger partial charge in [-0.25, -0.2) is 14.2 Å². The molecular weight excluding hydrogens is 398 g/mol. The highest BCUT2D eigenvalue weighted by molar-refractivity contribution is 6.30. The van der Waals surface area contributed by atoms with Gasteiger partial charge in [0, 0.05) is 5.02 Å². The fourth-order valence-electron chi connectivity index (χ4n) is 2.79. The highest BCUT2D eigenvalue weighted by Crippen LogP contribution is 2.22. The van der Waals surface area contributed by atoms with Crippen LogP contribution in [0.2, 0.25) is 5.02 Å². The average molecular weight is 414 g/mol. The van der Waals surface area contributed by atoms with Crippen molar-refractivity contribution in [1.82, 2.24) is 9.55 Å². The molecule has 1 aromatic heterocycles. The second kappa shape index (κ2) is 8.15. The highest BCUT2D eigenvalue weighted by Gasteiger charge is 2.19. The van der Waals surface area contributed by atoms with E-state index in [2.05, 4.69) is 9.98 Å². The van der Waals surface area contributed by atoms with Crippen LogP contribution >= 0.6 is 11.6 Å². The van der Waals surface area contributed by atoms with Gasteiger partial charge in [0.2, 0.25) is 5.88 Å². The topological polar surface area (TPSA) is 125 Å². The number of nitrogens with one attached hydrogen (secondary N) is 1. The van der Waals surface area contributed by atoms with Crippen LogP contribution in [0.4, 0.5) is 5.69 Å². The third-order valence-corrected chi connectivity index (χ3v) is 4.40. The van der Waals surface area contributed by atoms with E-state index in [4.69, 9.17) is 16.7 Å². The third kappa shape index (κ3) is 4.12. The number of carbonyl (C=O) groups is 1. The van der Waals surface area contributed by atoms with Crippen molar-refractivity contribution in [1.29, 1.82) is 0 Å². The van der Waals surface area contributed by atoms with E-state index in [0.29, 0.717) is 16.4 Å². The molecule has 3 rings (SSSR count). The van der Waals surface area contributed by atoms with Crippen LogP contribution in [0, 0.1) is 0 Å². The number of aromatic carboxylic acids is 1. The molecule has 9 heteroatoms. The highest BCUT2D eigenvalue weighted by atomic mass is 35.5. The Morgan fingerprint density at radius 2 is 1.86 bits per heavy atom. The number of halogens is 1. The predicted octanol–water partition coefficient (Wildman–Crippen LogP) is 3.11. The van der Waals surface area contributed by atoms with Gasteiger partial charge < -0.3 is 10.2 Å². The van der Waals surface area contributed by atoms with E-state index in [0.717, 1.165) is 4.57 Å². The molecule has 0 spiro atoms. The van der Waals surface area contributed by atoms with Crippen molar-refractivity contribution in [2.24, 2.45) is 4.99 Å². The molecule has 0 saturated carbocycles. The van der Waals surface area contributed by atoms with Gasteiger partial charge in [0.15, 0.2) is 0 Å². The normalized spacial score (nSPS) is 11.4. The lowest BCUT2D eigenvalue weighted by molar-refractivity contribution is 0.0697. The molecule has 0 unspecified atom stereocenters. The standard InChI is InChI=1S/C20H16ClN3O5/c1-2-15(22-13-5-3-4-11(10-13)19(27)28)16-17(25)23-20(29)24(18(16)26)14-8-6-12(21)7-9-14/h3-10,26H,2H2,1H3,(H,27,28)(H,23,25,29). The molecule has 0 atom stereocenters. The van der Waals surface area contributed by atoms with Crippen LogP contribution in [0.15, 0.2) is 63.1 Å². The Kier molecular flexibility index (Phi) is 5.65. The Labute approximate surface area is 169 Å². The predicted molar refractivity (Wildman–Crippen MR) is 109 cm³/mol. The lowest BCUT2D eigenvalue weighted by Crippen LogP contribution is -2.33. The van der Waals surface area contributed by atoms with Crippen molar-refractivity contribution < 1.29 is 15.0 Å². The monoisotopic (exact) mass is 413 g/mol. The van der Waals surface area contributed by atoms with E-state index in [1.807, 2.05) is 0 Å². The maximum Gasteiger partial charge on any atom is 0.335 e. The molecule has 29 heavy (non-hydrogen) atoms. The molecular formula is C20H16ClN3O5. The quantitative estimate of drug-likeness (QED) is 0.554. The largest absolute Gasteiger partial charge is 0.493 e. The summed E-state index contributed by atoms with van der Waals surface area (Å²) in [6, 6.07) is 12.0. The number of aromatic hydroxyl groups is 1. The summed E-state index contributed by atoms with van der Waals surface area (Å²) in [5, 5.41) is 20.3. The minimum absolute atomic E-state index is 0.0333. The number of hydrogen-bond acceptors (Lipinski definition) is 5. The summed E-state index contributed by atoms with van der Waals surface area (Å²) in [7, 11) is 0. The molecule has 3 N–H and O–H groups in total. The lowest BCUT2D eigenvalue weighted by Gasteiger charge is -2.12. The number of nitrogens with zero attached hydrogens (tertiary/aromatic N) is 2. The molecule has 8 nitrogen and oxygen atoms in total. The van der Waals surface area contributed by atoms with Gasteiger partial charge in [-0.05, 0) is 48.9 Å². The van der Waals surface area contributed by atoms with Crippen molar-refractivity contribution in [3.8, 4) is 11.6 Å². The number of hydrogen-bond donors (Lipinski definition) is 3. The van der Waals surface area contributed by atoms with Gasteiger partial charge in [-0.15, -0.1) is 0 Å². The van der Waals surface area contributed by atoms with Crippen LogP contribution in [0.1, 0.15) is 29.3 Å². The molecule has 0 radical (unpaired) electrons. The lowest BCUT2D eigenvalue weighted by atomic mass is 10.1. The van der Waals surface area contributed by atoms with Crippen molar-refractivity contribution in [3.05, 3.63) is 85.5 Å². The summed E-state index contributed by atoms with van der Waals surface area (Å²) >= 11 is 5.86. The number of aromatic nitrogens is 2. The van der Waals surface area contributed by atoms with E-state index in [1.54, 1.807) is 25.1 Å². The Morgan fingerprint density at radius 1 is 1.17 bits per heavy atom. The first kappa shape index (κ1) is 20.1. The van der Waals surface area contributed by atoms with Gasteiger partial charge in [0.05, 0.1) is 22.6 Å². The molecule has 0 aliphatic heterocycles. The Bertz CT molecular complexity index is 1230. The van der Waals surface area contributed by atoms with Crippen LogP contribution < -0.4 is 11.2 Å². The summed E-state index contributed by atoms with van der Waals surface area (Å²) in [5.74, 6) is -1.69. The molecule has 148 valence electrons. The van der Waals surface area contributed by atoms with Crippen molar-refractivity contribution in [3.63, 3.8) is 0 Å². The van der Waals surface area contributed by atoms with E-state index >= 15 is 0 Å². The van der Waals surface area contributed by atoms with E-state index in [9.17, 15) is 19.5 Å². The third-order valence-electron chi connectivity index (χ3n) is 4.15. The van der Waals surface area contributed by atoms with Crippen LogP contribution in [0.5, 0.6) is 5.88 Å². The molecule has 0 bridgehead atoms. The van der Waals surface area contributed by atoms with Crippen LogP contribution in [0.3, 0.4) is 0 Å². The number of aromatic amines is 1. The Balaban J connectivity index is 2.21. The van der Waals surface area contributed by atoms with Crippen LogP contribution in [-0.4, -0.2) is 31.4 Å². The molecule has 0 aliphatic rings. The average Bonchev–Trinajstić information content (AvgIpc) is 2.68. The molecule has 0 saturated heterocycles. The van der Waals surface area contributed by atoms with Gasteiger partial charge in [-0.3, -0.25) is 14.8 Å². The number of aliphatic imine (C=N–C) groups is 1. The number of benzene rings is 2. The maximum absolute atomic E-state index is 12.4. The zero-order valence-corrected chi connectivity index (χ0v) is 16.0. The zero-order valence-electron chi connectivity index (χ0n) is 15.2. The van der Waals surface area contributed by atoms with Gasteiger partial charge in [-0.1, -0.05) is 24.6 Å². The van der Waals surface area contributed by atoms with E-state index in [-0.39, 0.29) is 23.3 Å². The smallest absolute Gasteiger partial charge is 0.335 e. The van der Waals surface area contributed by atoms with E-state index < -0.39 is 23.1 Å². The summed E-state index contributed by atoms with van der Waals surface area (Å²) in [6.07, 6.45) is 0.243. The van der Waals surface area contributed by atoms with Gasteiger partial charge in [-0.2, -0.15) is 0 Å². The second-order valence-corrected chi connectivity index (χ2v) is 6.47. The summed E-state index contributed by atoms with van der Waals surface area (Å²) in [5.41, 5.74) is -0.972. The summed E-state index contributed by atoms with van der Waals surface area (Å²) < 4.78 is 0.936. The van der Waals surface area contributed by atoms with Crippen LogP contribution in [-0.2, 0) is 0 Å². The number of carboxylic acid groups (broad SMARTS) is 1. The van der Waals surface area contributed by atoms with Crippen molar-refractivity contribution >= 4 is 29.0 Å². The first-order valence-corrected chi connectivity index (χ1v) is 8.95. The zero-order chi connectivity index (χ0) is 21.1. The molecule has 0 aliphatic carbocycles. The molecule has 3 aromatic rings. The molecule has 2 aromatic carbocycles. The summed E-state index contributed by atoms with van der Waals surface area (Å²) in [4.78, 5) is 42.4. The number of H-pyrrole nitrogens is 1. The fourth-order valence-corrected chi connectivity index (χ4v) is 2.92. The fraction of sp³-hybridized carbons (Fsp3) is 0.100. The second-order valence-electron chi connectivity index (χ2n) is 6.04. The Morgan fingerprint density at radius 3 is 2.48 bits per heavy atom. The SMILES string of the molecule is CCC(=Nc1cccc(C(=O)O)c1)c1c(O)n(-c2ccc(Cl)cc2)c(=O)[nH]c1=O. The minimum atomic E-state index is -1.11. The van der Waals surface area contributed by atoms with Gasteiger partial charge in [0.25, 0.3) is 5.56 Å². The van der Waals surface area contributed by atoms with Crippen molar-refractivity contribution in [2.45, 2.75) is 13.3 Å². The molecule has 0 fully saturated rings. The Hall–Kier alpha value is -3.65. The van der Waals surface area contributed by atoms with Gasteiger partial charge in [0.1, 0.15) is 5.56 Å². The maximum atomic E-state index is 12.4. The van der Waals surface area contributed by atoms with Crippen molar-refractivity contribution in [2.75, 3.05) is 0 Å². The molecule has 0 amide bonds. The van der Waals surface area contributed by atoms with Gasteiger partial charge >= 0.3 is 11.7 Å². The van der Waals surface area contributed by atoms with E-state index in [1.165, 1.54) is 30.3 Å². The number of carboxylic acids is 1. The summed E-state index contributed by atoms with van der Waals surface area (Å²) in [6.45, 7) is 1.72. The van der Waals surface area contributed by atoms with Crippen LogP contribution in [0.25, 0.3) is 5.69 Å². The molecule has 1 heterocycles. The minimum Gasteiger partial charge on any atom is -0.493 e. The number of rotatable bonds is 5.